The maximum atomic E-state index is 13.9. The molecule has 3 rings (SSSR count). The Balaban J connectivity index is 1.53. The molecule has 24 heavy (non-hydrogen) atoms. The molecular weight excluding hydrogens is 311 g/mol. The van der Waals surface area contributed by atoms with E-state index in [2.05, 4.69) is 10.2 Å². The van der Waals surface area contributed by atoms with Crippen molar-refractivity contribution in [1.29, 1.82) is 0 Å². The van der Waals surface area contributed by atoms with Crippen LogP contribution >= 0.6 is 0 Å². The van der Waals surface area contributed by atoms with E-state index in [1.165, 1.54) is 6.07 Å². The first kappa shape index (κ1) is 17.3. The van der Waals surface area contributed by atoms with Crippen LogP contribution in [0.1, 0.15) is 24.8 Å². The highest BCUT2D eigenvalue weighted by Gasteiger charge is 2.41. The molecule has 3 atom stereocenters. The first-order chi connectivity index (χ1) is 11.7. The molecule has 0 bridgehead atoms. The number of methoxy groups -OCH3 is 1. The van der Waals surface area contributed by atoms with E-state index >= 15 is 0 Å². The van der Waals surface area contributed by atoms with E-state index in [4.69, 9.17) is 9.47 Å². The van der Waals surface area contributed by atoms with Gasteiger partial charge in [-0.15, -0.1) is 0 Å². The number of likely N-dealkylation sites (tertiary alicyclic amines) is 1. The van der Waals surface area contributed by atoms with E-state index in [1.807, 2.05) is 12.1 Å². The molecule has 2 aliphatic heterocycles. The summed E-state index contributed by atoms with van der Waals surface area (Å²) in [7, 11) is 1.61. The van der Waals surface area contributed by atoms with Crippen molar-refractivity contribution < 1.29 is 18.7 Å². The number of nitrogens with zero attached hydrogens (tertiary/aromatic N) is 1. The zero-order chi connectivity index (χ0) is 16.9. The summed E-state index contributed by atoms with van der Waals surface area (Å²) in [5.74, 6) is -0.217. The number of nitrogens with one attached hydrogen (secondary N) is 1. The summed E-state index contributed by atoms with van der Waals surface area (Å²) in [6, 6.07) is 7.18. The van der Waals surface area contributed by atoms with Crippen LogP contribution in [0.25, 0.3) is 0 Å². The van der Waals surface area contributed by atoms with Crippen molar-refractivity contribution >= 4 is 5.91 Å². The highest BCUT2D eigenvalue weighted by atomic mass is 19.1. The predicted octanol–water partition coefficient (Wildman–Crippen LogP) is 1.71. The molecule has 1 aromatic rings. The van der Waals surface area contributed by atoms with E-state index in [0.717, 1.165) is 24.9 Å². The van der Waals surface area contributed by atoms with Gasteiger partial charge in [-0.05, 0) is 25.3 Å². The minimum atomic E-state index is -0.378. The average molecular weight is 336 g/mol. The highest BCUT2D eigenvalue weighted by Crippen LogP contribution is 2.32. The van der Waals surface area contributed by atoms with Gasteiger partial charge in [-0.25, -0.2) is 4.39 Å². The predicted molar refractivity (Wildman–Crippen MR) is 88.0 cm³/mol. The molecular formula is C18H25FN2O3. The molecule has 0 unspecified atom stereocenters. The molecule has 2 heterocycles. The first-order valence-corrected chi connectivity index (χ1v) is 8.58. The molecule has 6 heteroatoms. The quantitative estimate of drug-likeness (QED) is 0.804. The van der Waals surface area contributed by atoms with Crippen molar-refractivity contribution in [2.75, 3.05) is 26.8 Å². The molecule has 1 amide bonds. The summed E-state index contributed by atoms with van der Waals surface area (Å²) in [5.41, 5.74) is 0.720. The third-order valence-electron chi connectivity index (χ3n) is 4.89. The average Bonchev–Trinajstić information content (AvgIpc) is 2.99. The van der Waals surface area contributed by atoms with Gasteiger partial charge in [0, 0.05) is 38.3 Å². The smallest absolute Gasteiger partial charge is 0.249 e. The molecule has 132 valence electrons. The van der Waals surface area contributed by atoms with Crippen LogP contribution in [-0.4, -0.2) is 55.9 Å². The second-order valence-corrected chi connectivity index (χ2v) is 6.44. The molecule has 0 radical (unpaired) electrons. The fourth-order valence-corrected chi connectivity index (χ4v) is 3.64. The molecule has 5 nitrogen and oxygen atoms in total. The lowest BCUT2D eigenvalue weighted by Gasteiger charge is -2.35. The maximum absolute atomic E-state index is 13.9. The molecule has 2 fully saturated rings. The van der Waals surface area contributed by atoms with Crippen molar-refractivity contribution in [3.05, 3.63) is 35.6 Å². The number of rotatable bonds is 6. The number of carbonyl (C=O) groups excluding carboxylic acids is 1. The third kappa shape index (κ3) is 3.94. The van der Waals surface area contributed by atoms with Gasteiger partial charge in [0.2, 0.25) is 5.91 Å². The zero-order valence-electron chi connectivity index (χ0n) is 14.0. The van der Waals surface area contributed by atoms with Crippen molar-refractivity contribution in [2.24, 2.45) is 0 Å². The SMILES string of the molecule is COCCNC(=O)[C@@H]1CC[C@@H]2[C@@H](CCN2Cc2ccccc2F)O1. The Morgan fingerprint density at radius 3 is 3.00 bits per heavy atom. The van der Waals surface area contributed by atoms with Gasteiger partial charge in [0.1, 0.15) is 11.9 Å². The Hall–Kier alpha value is -1.50. The van der Waals surface area contributed by atoms with Gasteiger partial charge in [0.15, 0.2) is 0 Å². The summed E-state index contributed by atoms with van der Waals surface area (Å²) in [5, 5.41) is 2.84. The Morgan fingerprint density at radius 1 is 1.38 bits per heavy atom. The standard InChI is InChI=1S/C18H25FN2O3/c1-23-11-9-20-18(22)17-7-6-15-16(24-17)8-10-21(15)12-13-4-2-3-5-14(13)19/h2-5,15-17H,6-12H2,1H3,(H,20,22)/t15-,16-,17+/m1/s1. The van der Waals surface area contributed by atoms with Crippen LogP contribution in [0.2, 0.25) is 0 Å². The lowest BCUT2D eigenvalue weighted by molar-refractivity contribution is -0.144. The summed E-state index contributed by atoms with van der Waals surface area (Å²) < 4.78 is 24.8. The Morgan fingerprint density at radius 2 is 2.21 bits per heavy atom. The number of ether oxygens (including phenoxy) is 2. The molecule has 0 aliphatic carbocycles. The highest BCUT2D eigenvalue weighted by molar-refractivity contribution is 5.80. The third-order valence-corrected chi connectivity index (χ3v) is 4.89. The van der Waals surface area contributed by atoms with Gasteiger partial charge in [0.25, 0.3) is 0 Å². The van der Waals surface area contributed by atoms with E-state index in [0.29, 0.717) is 26.1 Å². The minimum absolute atomic E-state index is 0.0574. The number of halogens is 1. The van der Waals surface area contributed by atoms with Gasteiger partial charge >= 0.3 is 0 Å². The lowest BCUT2D eigenvalue weighted by Crippen LogP contribution is -2.48. The first-order valence-electron chi connectivity index (χ1n) is 8.58. The van der Waals surface area contributed by atoms with Crippen molar-refractivity contribution in [2.45, 2.75) is 44.1 Å². The molecule has 1 aromatic carbocycles. The van der Waals surface area contributed by atoms with Crippen molar-refractivity contribution in [1.82, 2.24) is 10.2 Å². The molecule has 1 N–H and O–H groups in total. The summed E-state index contributed by atoms with van der Waals surface area (Å²) in [6.45, 7) is 2.48. The van der Waals surface area contributed by atoms with Gasteiger partial charge in [0.05, 0.1) is 12.7 Å². The van der Waals surface area contributed by atoms with Crippen LogP contribution < -0.4 is 5.32 Å². The molecule has 2 saturated heterocycles. The normalized spacial score (nSPS) is 27.0. The van der Waals surface area contributed by atoms with Gasteiger partial charge in [-0.2, -0.15) is 0 Å². The number of hydrogen-bond donors (Lipinski definition) is 1. The molecule has 0 aromatic heterocycles. The zero-order valence-corrected chi connectivity index (χ0v) is 14.0. The van der Waals surface area contributed by atoms with Crippen LogP contribution in [0.3, 0.4) is 0 Å². The van der Waals surface area contributed by atoms with Crippen molar-refractivity contribution in [3.8, 4) is 0 Å². The maximum Gasteiger partial charge on any atom is 0.249 e. The van der Waals surface area contributed by atoms with E-state index < -0.39 is 0 Å². The topological polar surface area (TPSA) is 50.8 Å². The largest absolute Gasteiger partial charge is 0.383 e. The number of fused-ring (bicyclic) bond motifs is 1. The number of hydrogen-bond acceptors (Lipinski definition) is 4. The number of amides is 1. The van der Waals surface area contributed by atoms with Gasteiger partial charge < -0.3 is 14.8 Å². The van der Waals surface area contributed by atoms with Crippen LogP contribution in [0.5, 0.6) is 0 Å². The summed E-state index contributed by atoms with van der Waals surface area (Å²) >= 11 is 0. The van der Waals surface area contributed by atoms with Gasteiger partial charge in [-0.3, -0.25) is 9.69 Å². The van der Waals surface area contributed by atoms with E-state index in [9.17, 15) is 9.18 Å². The number of carbonyl (C=O) groups is 1. The Bertz CT molecular complexity index is 569. The lowest BCUT2D eigenvalue weighted by atomic mass is 9.98. The fourth-order valence-electron chi connectivity index (χ4n) is 3.64. The van der Waals surface area contributed by atoms with E-state index in [1.54, 1.807) is 13.2 Å². The second-order valence-electron chi connectivity index (χ2n) is 6.44. The molecule has 2 aliphatic rings. The van der Waals surface area contributed by atoms with E-state index in [-0.39, 0.29) is 30.0 Å². The monoisotopic (exact) mass is 336 g/mol. The fraction of sp³-hybridized carbons (Fsp3) is 0.611. The summed E-state index contributed by atoms with van der Waals surface area (Å²) in [4.78, 5) is 14.4. The van der Waals surface area contributed by atoms with Crippen LogP contribution in [-0.2, 0) is 20.8 Å². The minimum Gasteiger partial charge on any atom is -0.383 e. The summed E-state index contributed by atoms with van der Waals surface area (Å²) in [6.07, 6.45) is 2.18. The van der Waals surface area contributed by atoms with Crippen LogP contribution in [0.4, 0.5) is 4.39 Å². The van der Waals surface area contributed by atoms with Gasteiger partial charge in [-0.1, -0.05) is 18.2 Å². The Labute approximate surface area is 142 Å². The second kappa shape index (κ2) is 8.05. The van der Waals surface area contributed by atoms with Crippen LogP contribution in [0, 0.1) is 5.82 Å². The Kier molecular flexibility index (Phi) is 5.81. The molecule has 0 spiro atoms. The molecule has 0 saturated carbocycles. The van der Waals surface area contributed by atoms with Crippen molar-refractivity contribution in [3.63, 3.8) is 0 Å². The van der Waals surface area contributed by atoms with Crippen LogP contribution in [0.15, 0.2) is 24.3 Å². The number of benzene rings is 1.